The molecule has 0 aliphatic carbocycles. The first-order chi connectivity index (χ1) is 9.99. The van der Waals surface area contributed by atoms with E-state index in [0.29, 0.717) is 24.9 Å². The third-order valence-electron chi connectivity index (χ3n) is 2.71. The number of aliphatic carboxylic acids is 1. The first-order valence-electron chi connectivity index (χ1n) is 6.90. The summed E-state index contributed by atoms with van der Waals surface area (Å²) in [6, 6.07) is 5.45. The van der Waals surface area contributed by atoms with Gasteiger partial charge < -0.3 is 14.6 Å². The highest BCUT2D eigenvalue weighted by atomic mass is 79.9. The van der Waals surface area contributed by atoms with Gasteiger partial charge in [0.2, 0.25) is 0 Å². The highest BCUT2D eigenvalue weighted by Gasteiger charge is 2.01. The van der Waals surface area contributed by atoms with Gasteiger partial charge in [-0.3, -0.25) is 0 Å². The van der Waals surface area contributed by atoms with E-state index in [2.05, 4.69) is 29.8 Å². The molecule has 0 atom stereocenters. The summed E-state index contributed by atoms with van der Waals surface area (Å²) in [7, 11) is 0. The van der Waals surface area contributed by atoms with Crippen molar-refractivity contribution in [3.63, 3.8) is 0 Å². The summed E-state index contributed by atoms with van der Waals surface area (Å²) in [6.45, 7) is 6.08. The summed E-state index contributed by atoms with van der Waals surface area (Å²) in [5, 5.41) is 8.65. The second-order valence-electron chi connectivity index (χ2n) is 5.00. The molecule has 0 saturated heterocycles. The topological polar surface area (TPSA) is 55.8 Å². The maximum atomic E-state index is 10.5. The van der Waals surface area contributed by atoms with Crippen molar-refractivity contribution >= 4 is 28.0 Å². The first-order valence-corrected chi connectivity index (χ1v) is 7.69. The number of hydrogen-bond donors (Lipinski definition) is 1. The number of halogens is 1. The van der Waals surface area contributed by atoms with Crippen molar-refractivity contribution in [3.8, 4) is 5.75 Å². The van der Waals surface area contributed by atoms with E-state index >= 15 is 0 Å². The highest BCUT2D eigenvalue weighted by molar-refractivity contribution is 9.10. The lowest BCUT2D eigenvalue weighted by Gasteiger charge is -2.09. The summed E-state index contributed by atoms with van der Waals surface area (Å²) in [5.74, 6) is 0.350. The van der Waals surface area contributed by atoms with Gasteiger partial charge in [0, 0.05) is 17.2 Å². The average molecular weight is 357 g/mol. The molecule has 0 radical (unpaired) electrons. The van der Waals surface area contributed by atoms with Crippen LogP contribution in [0.2, 0.25) is 0 Å². The molecule has 1 N–H and O–H groups in total. The molecule has 0 fully saturated rings. The van der Waals surface area contributed by atoms with Crippen LogP contribution in [0.1, 0.15) is 25.8 Å². The van der Waals surface area contributed by atoms with E-state index in [1.165, 1.54) is 6.08 Å². The van der Waals surface area contributed by atoms with E-state index in [1.807, 2.05) is 12.1 Å². The Balaban J connectivity index is 2.42. The number of benzene rings is 1. The van der Waals surface area contributed by atoms with Crippen molar-refractivity contribution in [2.45, 2.75) is 20.3 Å². The Morgan fingerprint density at radius 3 is 2.76 bits per heavy atom. The lowest BCUT2D eigenvalue weighted by Crippen LogP contribution is -2.08. The SMILES string of the molecule is CC(C)CCOCCOc1ccc(Br)c(/C=C/C(=O)O)c1. The second-order valence-corrected chi connectivity index (χ2v) is 5.85. The number of carboxylic acid groups (broad SMARTS) is 1. The van der Waals surface area contributed by atoms with Crippen LogP contribution in [0.25, 0.3) is 6.08 Å². The molecule has 0 amide bonds. The Kier molecular flexibility index (Phi) is 8.08. The molecular weight excluding hydrogens is 336 g/mol. The maximum Gasteiger partial charge on any atom is 0.328 e. The van der Waals surface area contributed by atoms with E-state index in [4.69, 9.17) is 14.6 Å². The molecule has 0 spiro atoms. The molecule has 4 nitrogen and oxygen atoms in total. The van der Waals surface area contributed by atoms with Gasteiger partial charge in [0.05, 0.1) is 6.61 Å². The van der Waals surface area contributed by atoms with E-state index in [9.17, 15) is 4.79 Å². The molecule has 21 heavy (non-hydrogen) atoms. The Bertz CT molecular complexity index is 483. The zero-order valence-corrected chi connectivity index (χ0v) is 13.9. The van der Waals surface area contributed by atoms with Crippen LogP contribution < -0.4 is 4.74 Å². The van der Waals surface area contributed by atoms with Crippen LogP contribution in [0, 0.1) is 5.92 Å². The van der Waals surface area contributed by atoms with Crippen LogP contribution in [0.4, 0.5) is 0 Å². The quantitative estimate of drug-likeness (QED) is 0.536. The molecule has 0 aromatic heterocycles. The van der Waals surface area contributed by atoms with E-state index in [1.54, 1.807) is 6.07 Å². The second kappa shape index (κ2) is 9.58. The number of rotatable bonds is 9. The smallest absolute Gasteiger partial charge is 0.328 e. The maximum absolute atomic E-state index is 10.5. The standard InChI is InChI=1S/C16H21BrO4/c1-12(2)7-8-20-9-10-21-14-4-5-15(17)13(11-14)3-6-16(18)19/h3-6,11-12H,7-10H2,1-2H3,(H,18,19)/b6-3+. The third kappa shape index (κ3) is 7.87. The number of carbonyl (C=O) groups is 1. The largest absolute Gasteiger partial charge is 0.491 e. The Morgan fingerprint density at radius 2 is 2.10 bits per heavy atom. The van der Waals surface area contributed by atoms with Crippen LogP contribution >= 0.6 is 15.9 Å². The minimum Gasteiger partial charge on any atom is -0.491 e. The molecule has 1 aromatic rings. The van der Waals surface area contributed by atoms with E-state index in [0.717, 1.165) is 29.1 Å². The van der Waals surface area contributed by atoms with Crippen molar-refractivity contribution < 1.29 is 19.4 Å². The van der Waals surface area contributed by atoms with Gasteiger partial charge in [-0.1, -0.05) is 29.8 Å². The Labute approximate surface area is 133 Å². The number of hydrogen-bond acceptors (Lipinski definition) is 3. The van der Waals surface area contributed by atoms with Gasteiger partial charge in [-0.25, -0.2) is 4.79 Å². The van der Waals surface area contributed by atoms with E-state index in [-0.39, 0.29) is 0 Å². The van der Waals surface area contributed by atoms with Crippen LogP contribution in [-0.2, 0) is 9.53 Å². The molecular formula is C16H21BrO4. The normalized spacial score (nSPS) is 11.2. The van der Waals surface area contributed by atoms with Gasteiger partial charge >= 0.3 is 5.97 Å². The first kappa shape index (κ1) is 17.7. The molecule has 0 aliphatic rings. The average Bonchev–Trinajstić information content (AvgIpc) is 2.42. The fraction of sp³-hybridized carbons (Fsp3) is 0.438. The monoisotopic (exact) mass is 356 g/mol. The van der Waals surface area contributed by atoms with Crippen molar-refractivity contribution in [2.75, 3.05) is 19.8 Å². The lowest BCUT2D eigenvalue weighted by molar-refractivity contribution is -0.131. The van der Waals surface area contributed by atoms with Crippen LogP contribution in [0.3, 0.4) is 0 Å². The van der Waals surface area contributed by atoms with Gasteiger partial charge in [-0.2, -0.15) is 0 Å². The van der Waals surface area contributed by atoms with Crippen LogP contribution in [-0.4, -0.2) is 30.9 Å². The molecule has 1 aromatic carbocycles. The fourth-order valence-corrected chi connectivity index (χ4v) is 1.92. The van der Waals surface area contributed by atoms with Crippen molar-refractivity contribution in [2.24, 2.45) is 5.92 Å². The molecule has 1 rings (SSSR count). The summed E-state index contributed by atoms with van der Waals surface area (Å²) in [6.07, 6.45) is 3.67. The van der Waals surface area contributed by atoms with Crippen LogP contribution in [0.15, 0.2) is 28.7 Å². The third-order valence-corrected chi connectivity index (χ3v) is 3.43. The lowest BCUT2D eigenvalue weighted by atomic mass is 10.1. The molecule has 0 bridgehead atoms. The van der Waals surface area contributed by atoms with Gasteiger partial charge in [0.25, 0.3) is 0 Å². The molecule has 116 valence electrons. The minimum atomic E-state index is -0.980. The summed E-state index contributed by atoms with van der Waals surface area (Å²) < 4.78 is 11.9. The molecule has 0 saturated carbocycles. The summed E-state index contributed by atoms with van der Waals surface area (Å²) in [4.78, 5) is 10.5. The molecule has 0 unspecified atom stereocenters. The highest BCUT2D eigenvalue weighted by Crippen LogP contribution is 2.23. The summed E-state index contributed by atoms with van der Waals surface area (Å²) >= 11 is 3.37. The zero-order valence-electron chi connectivity index (χ0n) is 12.3. The fourth-order valence-electron chi connectivity index (χ4n) is 1.54. The minimum absolute atomic E-state index is 0.474. The molecule has 0 heterocycles. The molecule has 0 aliphatic heterocycles. The Hall–Kier alpha value is -1.33. The predicted octanol–water partition coefficient (Wildman–Crippen LogP) is 3.99. The van der Waals surface area contributed by atoms with Gasteiger partial charge in [-0.05, 0) is 42.2 Å². The molecule has 5 heteroatoms. The number of carboxylic acids is 1. The van der Waals surface area contributed by atoms with Crippen molar-refractivity contribution in [1.29, 1.82) is 0 Å². The zero-order chi connectivity index (χ0) is 15.7. The van der Waals surface area contributed by atoms with E-state index < -0.39 is 5.97 Å². The van der Waals surface area contributed by atoms with Crippen LogP contribution in [0.5, 0.6) is 5.75 Å². The van der Waals surface area contributed by atoms with Crippen molar-refractivity contribution in [3.05, 3.63) is 34.3 Å². The van der Waals surface area contributed by atoms with Gasteiger partial charge in [0.15, 0.2) is 0 Å². The van der Waals surface area contributed by atoms with Crippen molar-refractivity contribution in [1.82, 2.24) is 0 Å². The predicted molar refractivity (Wildman–Crippen MR) is 86.6 cm³/mol. The number of ether oxygens (including phenoxy) is 2. The van der Waals surface area contributed by atoms with Gasteiger partial charge in [0.1, 0.15) is 12.4 Å². The summed E-state index contributed by atoms with van der Waals surface area (Å²) in [5.41, 5.74) is 0.760. The Morgan fingerprint density at radius 1 is 1.33 bits per heavy atom. The van der Waals surface area contributed by atoms with Gasteiger partial charge in [-0.15, -0.1) is 0 Å².